The smallest absolute Gasteiger partial charge is 0.236 e. The molecule has 0 N–H and O–H groups in total. The lowest BCUT2D eigenvalue weighted by molar-refractivity contribution is -0.134. The number of carbonyl (C=O) groups excluding carboxylic acids is 2. The molecule has 1 saturated heterocycles. The van der Waals surface area contributed by atoms with Gasteiger partial charge in [-0.3, -0.25) is 14.5 Å². The van der Waals surface area contributed by atoms with Gasteiger partial charge < -0.3 is 14.1 Å². The van der Waals surface area contributed by atoms with Gasteiger partial charge in [-0.05, 0) is 32.4 Å². The molecule has 5 rings (SSSR count). The SMILES string of the molecule is CN1CCN(CCOC2(C)C=CC3=C(C2)C(C)(C)c2oc4ccccc4c2C3=O)CC1=O. The number of nitrogens with zero attached hydrogens (tertiary/aromatic N) is 2. The Bertz CT molecular complexity index is 1170. The maximum absolute atomic E-state index is 13.5. The summed E-state index contributed by atoms with van der Waals surface area (Å²) in [4.78, 5) is 29.3. The summed E-state index contributed by atoms with van der Waals surface area (Å²) in [6.07, 6.45) is 4.59. The van der Waals surface area contributed by atoms with Crippen LogP contribution in [-0.2, 0) is 14.9 Å². The Morgan fingerprint density at radius 2 is 1.91 bits per heavy atom. The van der Waals surface area contributed by atoms with Crippen LogP contribution in [0, 0.1) is 0 Å². The molecule has 1 atom stereocenters. The molecule has 6 nitrogen and oxygen atoms in total. The van der Waals surface area contributed by atoms with Crippen molar-refractivity contribution in [2.45, 2.75) is 38.2 Å². The van der Waals surface area contributed by atoms with Crippen LogP contribution in [0.25, 0.3) is 11.0 Å². The normalized spacial score (nSPS) is 25.4. The van der Waals surface area contributed by atoms with Crippen LogP contribution in [-0.4, -0.2) is 66.9 Å². The minimum Gasteiger partial charge on any atom is -0.459 e. The van der Waals surface area contributed by atoms with Crippen molar-refractivity contribution >= 4 is 22.7 Å². The molecule has 6 heteroatoms. The molecule has 2 aliphatic carbocycles. The Morgan fingerprint density at radius 1 is 1.12 bits per heavy atom. The molecule has 1 aliphatic heterocycles. The average molecular weight is 435 g/mol. The first-order valence-electron chi connectivity index (χ1n) is 11.3. The molecule has 0 spiro atoms. The topological polar surface area (TPSA) is 63.0 Å². The van der Waals surface area contributed by atoms with Gasteiger partial charge >= 0.3 is 0 Å². The summed E-state index contributed by atoms with van der Waals surface area (Å²) in [6.45, 7) is 9.63. The number of furan rings is 1. The van der Waals surface area contributed by atoms with Crippen molar-refractivity contribution in [3.05, 3.63) is 58.9 Å². The molecule has 1 fully saturated rings. The third-order valence-electron chi connectivity index (χ3n) is 7.22. The number of rotatable bonds is 4. The van der Waals surface area contributed by atoms with Crippen LogP contribution < -0.4 is 0 Å². The van der Waals surface area contributed by atoms with E-state index in [0.29, 0.717) is 31.7 Å². The predicted molar refractivity (Wildman–Crippen MR) is 123 cm³/mol. The molecule has 168 valence electrons. The van der Waals surface area contributed by atoms with E-state index in [1.807, 2.05) is 43.5 Å². The number of para-hydroxylation sites is 1. The third kappa shape index (κ3) is 3.33. The minimum atomic E-state index is -0.503. The number of benzene rings is 1. The van der Waals surface area contributed by atoms with Crippen LogP contribution in [0.1, 0.15) is 43.3 Å². The van der Waals surface area contributed by atoms with Gasteiger partial charge in [0.2, 0.25) is 5.91 Å². The van der Waals surface area contributed by atoms with E-state index in [9.17, 15) is 9.59 Å². The maximum Gasteiger partial charge on any atom is 0.236 e. The van der Waals surface area contributed by atoms with Gasteiger partial charge in [-0.1, -0.05) is 30.4 Å². The molecule has 3 aliphatic rings. The molecular weight excluding hydrogens is 404 g/mol. The zero-order valence-electron chi connectivity index (χ0n) is 19.2. The van der Waals surface area contributed by atoms with Crippen LogP contribution in [0.5, 0.6) is 0 Å². The van der Waals surface area contributed by atoms with Crippen molar-refractivity contribution < 1.29 is 18.7 Å². The monoisotopic (exact) mass is 434 g/mol. The Labute approximate surface area is 188 Å². The van der Waals surface area contributed by atoms with Gasteiger partial charge in [-0.15, -0.1) is 0 Å². The highest BCUT2D eigenvalue weighted by Crippen LogP contribution is 2.49. The summed E-state index contributed by atoms with van der Waals surface area (Å²) < 4.78 is 12.5. The number of ketones is 1. The number of carbonyl (C=O) groups is 2. The lowest BCUT2D eigenvalue weighted by Gasteiger charge is -2.40. The number of amides is 1. The average Bonchev–Trinajstić information content (AvgIpc) is 3.16. The zero-order valence-corrected chi connectivity index (χ0v) is 19.2. The van der Waals surface area contributed by atoms with E-state index < -0.39 is 11.0 Å². The lowest BCUT2D eigenvalue weighted by Crippen LogP contribution is -2.49. The van der Waals surface area contributed by atoms with Crippen molar-refractivity contribution in [3.63, 3.8) is 0 Å². The standard InChI is InChI=1S/C26H30N2O4/c1-25(2)19-15-26(3,31-14-13-28-12-11-27(4)21(29)16-28)10-9-17(19)23(30)22-18-7-5-6-8-20(18)32-24(22)25/h5-10H,11-16H2,1-4H3. The molecule has 32 heavy (non-hydrogen) atoms. The molecule has 1 unspecified atom stereocenters. The first kappa shape index (κ1) is 21.2. The molecule has 0 bridgehead atoms. The molecule has 2 aromatic rings. The summed E-state index contributed by atoms with van der Waals surface area (Å²) in [6, 6.07) is 7.75. The highest BCUT2D eigenvalue weighted by Gasteiger charge is 2.46. The molecule has 0 saturated carbocycles. The number of hydrogen-bond donors (Lipinski definition) is 0. The summed E-state index contributed by atoms with van der Waals surface area (Å²) in [7, 11) is 1.84. The Morgan fingerprint density at radius 3 is 2.69 bits per heavy atom. The van der Waals surface area contributed by atoms with Crippen molar-refractivity contribution in [2.24, 2.45) is 0 Å². The highest BCUT2D eigenvalue weighted by atomic mass is 16.5. The van der Waals surface area contributed by atoms with Crippen LogP contribution in [0.15, 0.2) is 52.0 Å². The minimum absolute atomic E-state index is 0.0357. The highest BCUT2D eigenvalue weighted by molar-refractivity contribution is 6.20. The van der Waals surface area contributed by atoms with E-state index in [0.717, 1.165) is 41.0 Å². The summed E-state index contributed by atoms with van der Waals surface area (Å²) in [5, 5.41) is 0.881. The molecule has 1 aromatic carbocycles. The van der Waals surface area contributed by atoms with Crippen molar-refractivity contribution in [1.82, 2.24) is 9.80 Å². The van der Waals surface area contributed by atoms with Crippen LogP contribution in [0.3, 0.4) is 0 Å². The van der Waals surface area contributed by atoms with Gasteiger partial charge in [0.25, 0.3) is 0 Å². The second-order valence-electron chi connectivity index (χ2n) is 9.91. The number of fused-ring (bicyclic) bond motifs is 3. The molecule has 0 radical (unpaired) electrons. The summed E-state index contributed by atoms with van der Waals surface area (Å²) >= 11 is 0. The Hall–Kier alpha value is -2.70. The fraction of sp³-hybridized carbons (Fsp3) is 0.462. The van der Waals surface area contributed by atoms with Gasteiger partial charge in [0.15, 0.2) is 5.78 Å². The van der Waals surface area contributed by atoms with E-state index >= 15 is 0 Å². The van der Waals surface area contributed by atoms with E-state index in [-0.39, 0.29) is 11.7 Å². The van der Waals surface area contributed by atoms with Crippen LogP contribution >= 0.6 is 0 Å². The molecule has 1 amide bonds. The third-order valence-corrected chi connectivity index (χ3v) is 7.22. The number of Topliss-reactive ketones (excluding diaryl/α,β-unsaturated/α-hetero) is 1. The van der Waals surface area contributed by atoms with Gasteiger partial charge in [-0.25, -0.2) is 0 Å². The van der Waals surface area contributed by atoms with Gasteiger partial charge in [0.1, 0.15) is 11.3 Å². The van der Waals surface area contributed by atoms with Crippen molar-refractivity contribution in [1.29, 1.82) is 0 Å². The van der Waals surface area contributed by atoms with E-state index in [1.54, 1.807) is 4.90 Å². The zero-order chi connectivity index (χ0) is 22.7. The number of likely N-dealkylation sites (N-methyl/N-ethyl adjacent to an activating group) is 1. The van der Waals surface area contributed by atoms with Crippen LogP contribution in [0.4, 0.5) is 0 Å². The number of hydrogen-bond acceptors (Lipinski definition) is 5. The van der Waals surface area contributed by atoms with Gasteiger partial charge in [-0.2, -0.15) is 0 Å². The molecule has 1 aromatic heterocycles. The second-order valence-corrected chi connectivity index (χ2v) is 9.91. The number of piperazine rings is 1. The predicted octanol–water partition coefficient (Wildman–Crippen LogP) is 3.71. The van der Waals surface area contributed by atoms with E-state index in [1.165, 1.54) is 0 Å². The van der Waals surface area contributed by atoms with Crippen LogP contribution in [0.2, 0.25) is 0 Å². The second kappa shape index (κ2) is 7.42. The van der Waals surface area contributed by atoms with E-state index in [4.69, 9.17) is 9.15 Å². The fourth-order valence-electron chi connectivity index (χ4n) is 5.12. The number of allylic oxidation sites excluding steroid dienone is 2. The van der Waals surface area contributed by atoms with E-state index in [2.05, 4.69) is 25.7 Å². The maximum atomic E-state index is 13.5. The molecule has 2 heterocycles. The van der Waals surface area contributed by atoms with Gasteiger partial charge in [0, 0.05) is 49.5 Å². The molecular formula is C26H30N2O4. The van der Waals surface area contributed by atoms with Crippen molar-refractivity contribution in [3.8, 4) is 0 Å². The largest absolute Gasteiger partial charge is 0.459 e. The summed E-state index contributed by atoms with van der Waals surface area (Å²) in [5.74, 6) is 0.934. The lowest BCUT2D eigenvalue weighted by atomic mass is 9.66. The first-order valence-corrected chi connectivity index (χ1v) is 11.3. The fourth-order valence-corrected chi connectivity index (χ4v) is 5.12. The Kier molecular flexibility index (Phi) is 4.91. The first-order chi connectivity index (χ1) is 15.2. The van der Waals surface area contributed by atoms with Gasteiger partial charge in [0.05, 0.1) is 24.3 Å². The Balaban J connectivity index is 1.35. The number of ether oxygens (including phenoxy) is 1. The summed E-state index contributed by atoms with van der Waals surface area (Å²) in [5.41, 5.74) is 2.36. The van der Waals surface area contributed by atoms with Crippen molar-refractivity contribution in [2.75, 3.05) is 39.8 Å². The quantitative estimate of drug-likeness (QED) is 0.734.